The number of rotatable bonds is 3. The molecule has 3 nitrogen and oxygen atoms in total. The predicted molar refractivity (Wildman–Crippen MR) is 67.1 cm³/mol. The highest BCUT2D eigenvalue weighted by Crippen LogP contribution is 2.24. The number of hydrogen-bond acceptors (Lipinski definition) is 4. The van der Waals surface area contributed by atoms with Crippen LogP contribution in [0.15, 0.2) is 24.4 Å². The van der Waals surface area contributed by atoms with Gasteiger partial charge in [-0.25, -0.2) is 4.98 Å². The number of nitriles is 1. The van der Waals surface area contributed by atoms with Gasteiger partial charge >= 0.3 is 0 Å². The van der Waals surface area contributed by atoms with Gasteiger partial charge in [-0.15, -0.1) is 11.3 Å². The van der Waals surface area contributed by atoms with E-state index in [4.69, 9.17) is 10.00 Å². The fourth-order valence-corrected chi connectivity index (χ4v) is 2.22. The molecule has 86 valence electrons. The van der Waals surface area contributed by atoms with Gasteiger partial charge in [-0.05, 0) is 25.0 Å². The summed E-state index contributed by atoms with van der Waals surface area (Å²) in [6, 6.07) is 8.11. The van der Waals surface area contributed by atoms with Gasteiger partial charge in [0.05, 0.1) is 6.20 Å². The van der Waals surface area contributed by atoms with Crippen molar-refractivity contribution in [2.75, 3.05) is 0 Å². The average molecular weight is 244 g/mol. The fraction of sp³-hybridized carbons (Fsp3) is 0.231. The molecular formula is C13H12N2OS. The van der Waals surface area contributed by atoms with Crippen molar-refractivity contribution in [3.05, 3.63) is 45.4 Å². The number of thiazole rings is 1. The summed E-state index contributed by atoms with van der Waals surface area (Å²) < 4.78 is 5.75. The second kappa shape index (κ2) is 4.98. The lowest BCUT2D eigenvalue weighted by Gasteiger charge is -2.10. The van der Waals surface area contributed by atoms with Crippen molar-refractivity contribution in [1.82, 2.24) is 4.98 Å². The van der Waals surface area contributed by atoms with Crippen LogP contribution in [-0.2, 0) is 6.61 Å². The Balaban J connectivity index is 2.10. The summed E-state index contributed by atoms with van der Waals surface area (Å²) in [5, 5.41) is 9.53. The zero-order valence-corrected chi connectivity index (χ0v) is 10.5. The van der Waals surface area contributed by atoms with Gasteiger partial charge in [0.1, 0.15) is 28.3 Å². The van der Waals surface area contributed by atoms with E-state index in [1.54, 1.807) is 6.20 Å². The highest BCUT2D eigenvalue weighted by Gasteiger charge is 2.06. The molecule has 0 aliphatic rings. The third kappa shape index (κ3) is 2.63. The normalized spacial score (nSPS) is 9.94. The number of ether oxygens (including phenoxy) is 1. The monoisotopic (exact) mass is 244 g/mol. The Hall–Kier alpha value is -1.86. The number of hydrogen-bond donors (Lipinski definition) is 0. The van der Waals surface area contributed by atoms with E-state index in [1.807, 2.05) is 32.0 Å². The van der Waals surface area contributed by atoms with Crippen LogP contribution in [0.1, 0.15) is 21.0 Å². The zero-order chi connectivity index (χ0) is 12.3. The molecule has 2 aromatic rings. The summed E-state index contributed by atoms with van der Waals surface area (Å²) in [5.41, 5.74) is 2.23. The quantitative estimate of drug-likeness (QED) is 0.832. The molecule has 1 aromatic heterocycles. The van der Waals surface area contributed by atoms with Crippen LogP contribution in [0.4, 0.5) is 0 Å². The summed E-state index contributed by atoms with van der Waals surface area (Å²) in [6.07, 6.45) is 1.58. The van der Waals surface area contributed by atoms with Crippen LogP contribution in [0, 0.1) is 25.2 Å². The second-order valence-corrected chi connectivity index (χ2v) is 4.85. The molecule has 0 saturated heterocycles. The zero-order valence-electron chi connectivity index (χ0n) is 9.73. The molecule has 0 bridgehead atoms. The first-order chi connectivity index (χ1) is 8.20. The Labute approximate surface area is 104 Å². The summed E-state index contributed by atoms with van der Waals surface area (Å²) in [7, 11) is 0. The maximum Gasteiger partial charge on any atom is 0.140 e. The van der Waals surface area contributed by atoms with Crippen LogP contribution in [0.3, 0.4) is 0 Å². The van der Waals surface area contributed by atoms with Crippen molar-refractivity contribution in [3.63, 3.8) is 0 Å². The third-order valence-corrected chi connectivity index (χ3v) is 3.29. The standard InChI is InChI=1S/C13H12N2OS/c1-9-4-3-5-10(2)13(9)16-8-12-15-7-11(6-14)17-12/h3-5,7H,8H2,1-2H3. The molecule has 2 rings (SSSR count). The first kappa shape index (κ1) is 11.6. The van der Waals surface area contributed by atoms with Gasteiger partial charge in [0.2, 0.25) is 0 Å². The molecule has 0 fully saturated rings. The van der Waals surface area contributed by atoms with E-state index < -0.39 is 0 Å². The largest absolute Gasteiger partial charge is 0.486 e. The van der Waals surface area contributed by atoms with Crippen molar-refractivity contribution in [2.45, 2.75) is 20.5 Å². The Morgan fingerprint density at radius 3 is 2.65 bits per heavy atom. The third-order valence-electron chi connectivity index (χ3n) is 2.41. The SMILES string of the molecule is Cc1cccc(C)c1OCc1ncc(C#N)s1. The fourth-order valence-electron chi connectivity index (χ4n) is 1.59. The predicted octanol–water partition coefficient (Wildman–Crippen LogP) is 3.21. The minimum Gasteiger partial charge on any atom is -0.486 e. The van der Waals surface area contributed by atoms with Crippen molar-refractivity contribution >= 4 is 11.3 Å². The molecule has 0 amide bonds. The molecule has 1 heterocycles. The smallest absolute Gasteiger partial charge is 0.140 e. The van der Waals surface area contributed by atoms with Crippen LogP contribution >= 0.6 is 11.3 Å². The molecule has 0 saturated carbocycles. The first-order valence-corrected chi connectivity index (χ1v) is 6.06. The van der Waals surface area contributed by atoms with Crippen LogP contribution in [0.25, 0.3) is 0 Å². The topological polar surface area (TPSA) is 45.9 Å². The van der Waals surface area contributed by atoms with Crippen LogP contribution in [0.5, 0.6) is 5.75 Å². The molecule has 1 aromatic carbocycles. The van der Waals surface area contributed by atoms with E-state index in [1.165, 1.54) is 11.3 Å². The minimum atomic E-state index is 0.415. The number of para-hydroxylation sites is 1. The number of benzene rings is 1. The molecule has 0 aliphatic heterocycles. The van der Waals surface area contributed by atoms with Gasteiger partial charge in [-0.3, -0.25) is 0 Å². The molecule has 4 heteroatoms. The van der Waals surface area contributed by atoms with Crippen LogP contribution in [0.2, 0.25) is 0 Å². The van der Waals surface area contributed by atoms with Gasteiger partial charge in [-0.2, -0.15) is 5.26 Å². The maximum absolute atomic E-state index is 8.70. The van der Waals surface area contributed by atoms with Gasteiger partial charge in [0, 0.05) is 0 Å². The highest BCUT2D eigenvalue weighted by molar-refractivity contribution is 7.12. The van der Waals surface area contributed by atoms with Crippen molar-refractivity contribution < 1.29 is 4.74 Å². The summed E-state index contributed by atoms with van der Waals surface area (Å²) >= 11 is 1.37. The molecular weight excluding hydrogens is 232 g/mol. The van der Waals surface area contributed by atoms with E-state index in [9.17, 15) is 0 Å². The molecule has 0 N–H and O–H groups in total. The number of aromatic nitrogens is 1. The van der Waals surface area contributed by atoms with Crippen molar-refractivity contribution in [3.8, 4) is 11.8 Å². The average Bonchev–Trinajstić information content (AvgIpc) is 2.76. The van der Waals surface area contributed by atoms with Gasteiger partial charge in [0.25, 0.3) is 0 Å². The molecule has 0 aliphatic carbocycles. The van der Waals surface area contributed by atoms with Crippen LogP contribution < -0.4 is 4.74 Å². The lowest BCUT2D eigenvalue weighted by molar-refractivity contribution is 0.301. The summed E-state index contributed by atoms with van der Waals surface area (Å²) in [5.74, 6) is 0.904. The molecule has 0 radical (unpaired) electrons. The van der Waals surface area contributed by atoms with Crippen LogP contribution in [-0.4, -0.2) is 4.98 Å². The van der Waals surface area contributed by atoms with E-state index in [2.05, 4.69) is 11.1 Å². The Bertz CT molecular complexity index is 549. The summed E-state index contributed by atoms with van der Waals surface area (Å²) in [4.78, 5) is 4.75. The van der Waals surface area contributed by atoms with Crippen molar-refractivity contribution in [2.24, 2.45) is 0 Å². The highest BCUT2D eigenvalue weighted by atomic mass is 32.1. The number of aryl methyl sites for hydroxylation is 2. The first-order valence-electron chi connectivity index (χ1n) is 5.24. The Morgan fingerprint density at radius 2 is 2.06 bits per heavy atom. The van der Waals surface area contributed by atoms with E-state index in [0.29, 0.717) is 11.5 Å². The van der Waals surface area contributed by atoms with Gasteiger partial charge in [0.15, 0.2) is 0 Å². The lowest BCUT2D eigenvalue weighted by Crippen LogP contribution is -1.98. The molecule has 0 spiro atoms. The van der Waals surface area contributed by atoms with Gasteiger partial charge < -0.3 is 4.74 Å². The molecule has 0 atom stereocenters. The Kier molecular flexibility index (Phi) is 3.40. The molecule has 17 heavy (non-hydrogen) atoms. The van der Waals surface area contributed by atoms with E-state index >= 15 is 0 Å². The minimum absolute atomic E-state index is 0.415. The number of nitrogens with zero attached hydrogens (tertiary/aromatic N) is 2. The van der Waals surface area contributed by atoms with Crippen molar-refractivity contribution in [1.29, 1.82) is 5.26 Å². The van der Waals surface area contributed by atoms with E-state index in [-0.39, 0.29) is 0 Å². The maximum atomic E-state index is 8.70. The van der Waals surface area contributed by atoms with E-state index in [0.717, 1.165) is 21.9 Å². The second-order valence-electron chi connectivity index (χ2n) is 3.74. The Morgan fingerprint density at radius 1 is 1.35 bits per heavy atom. The lowest BCUT2D eigenvalue weighted by atomic mass is 10.1. The van der Waals surface area contributed by atoms with Gasteiger partial charge in [-0.1, -0.05) is 18.2 Å². The molecule has 0 unspecified atom stereocenters. The summed E-state index contributed by atoms with van der Waals surface area (Å²) in [6.45, 7) is 4.45.